The summed E-state index contributed by atoms with van der Waals surface area (Å²) in [6.45, 7) is 0. The molecule has 2 rings (SSSR count). The molecule has 1 aliphatic rings. The molecule has 1 aromatic rings. The highest BCUT2D eigenvalue weighted by Gasteiger charge is 2.16. The lowest BCUT2D eigenvalue weighted by Gasteiger charge is -2.22. The van der Waals surface area contributed by atoms with Crippen molar-refractivity contribution >= 4 is 34.1 Å². The molecule has 2 N–H and O–H groups in total. The smallest absolute Gasteiger partial charge is 0.230 e. The minimum absolute atomic E-state index is 0.105. The van der Waals surface area contributed by atoms with Gasteiger partial charge in [0.15, 0.2) is 4.34 Å². The number of carbonyl (C=O) groups excluding carboxylic acids is 1. The fourth-order valence-corrected chi connectivity index (χ4v) is 3.53. The number of rotatable bonds is 5. The second kappa shape index (κ2) is 6.94. The van der Waals surface area contributed by atoms with Crippen LogP contribution in [0.1, 0.15) is 32.1 Å². The zero-order valence-electron chi connectivity index (χ0n) is 10.4. The van der Waals surface area contributed by atoms with E-state index < -0.39 is 0 Å². The Kier molecular flexibility index (Phi) is 5.25. The molecule has 0 aliphatic heterocycles. The van der Waals surface area contributed by atoms with E-state index in [2.05, 4.69) is 20.8 Å². The summed E-state index contributed by atoms with van der Waals surface area (Å²) in [7, 11) is 1.81. The first kappa shape index (κ1) is 13.6. The Hall–Kier alpha value is -0.820. The fraction of sp³-hybridized carbons (Fsp3) is 0.727. The van der Waals surface area contributed by atoms with Gasteiger partial charge < -0.3 is 10.6 Å². The van der Waals surface area contributed by atoms with Crippen molar-refractivity contribution in [3.8, 4) is 0 Å². The third-order valence-corrected chi connectivity index (χ3v) is 4.99. The topological polar surface area (TPSA) is 66.9 Å². The number of nitrogens with one attached hydrogen (secondary N) is 2. The lowest BCUT2D eigenvalue weighted by Crippen LogP contribution is -2.37. The highest BCUT2D eigenvalue weighted by molar-refractivity contribution is 8.01. The lowest BCUT2D eigenvalue weighted by molar-refractivity contribution is -0.119. The normalized spacial score (nSPS) is 16.5. The van der Waals surface area contributed by atoms with E-state index in [4.69, 9.17) is 0 Å². The van der Waals surface area contributed by atoms with E-state index in [1.54, 1.807) is 0 Å². The Morgan fingerprint density at radius 3 is 2.83 bits per heavy atom. The van der Waals surface area contributed by atoms with Gasteiger partial charge in [-0.25, -0.2) is 0 Å². The number of nitrogens with zero attached hydrogens (tertiary/aromatic N) is 2. The lowest BCUT2D eigenvalue weighted by atomic mass is 9.95. The van der Waals surface area contributed by atoms with Gasteiger partial charge in [-0.15, -0.1) is 10.2 Å². The van der Waals surface area contributed by atoms with Crippen molar-refractivity contribution in [2.24, 2.45) is 0 Å². The molecule has 18 heavy (non-hydrogen) atoms. The molecule has 1 aliphatic carbocycles. The van der Waals surface area contributed by atoms with Crippen molar-refractivity contribution < 1.29 is 4.79 Å². The molecular formula is C11H18N4OS2. The van der Waals surface area contributed by atoms with E-state index in [0.29, 0.717) is 11.8 Å². The molecule has 1 fully saturated rings. The second-order valence-corrected chi connectivity index (χ2v) is 6.51. The maximum Gasteiger partial charge on any atom is 0.230 e. The van der Waals surface area contributed by atoms with Gasteiger partial charge in [-0.05, 0) is 12.8 Å². The summed E-state index contributed by atoms with van der Waals surface area (Å²) in [4.78, 5) is 11.8. The summed E-state index contributed by atoms with van der Waals surface area (Å²) in [6, 6.07) is 0.383. The first-order valence-corrected chi connectivity index (χ1v) is 8.01. The van der Waals surface area contributed by atoms with E-state index in [1.165, 1.54) is 42.4 Å². The third kappa shape index (κ3) is 4.13. The van der Waals surface area contributed by atoms with Crippen LogP contribution in [0.3, 0.4) is 0 Å². The highest BCUT2D eigenvalue weighted by atomic mass is 32.2. The summed E-state index contributed by atoms with van der Waals surface area (Å²) in [5.41, 5.74) is 0. The number of carbonyl (C=O) groups is 1. The predicted octanol–water partition coefficient (Wildman–Crippen LogP) is 2.12. The maximum atomic E-state index is 11.8. The molecule has 7 heteroatoms. The van der Waals surface area contributed by atoms with Crippen LogP contribution in [0.4, 0.5) is 5.13 Å². The van der Waals surface area contributed by atoms with E-state index in [1.807, 2.05) is 7.05 Å². The molecule has 0 atom stereocenters. The molecular weight excluding hydrogens is 268 g/mol. The second-order valence-electron chi connectivity index (χ2n) is 4.31. The van der Waals surface area contributed by atoms with E-state index in [-0.39, 0.29) is 5.91 Å². The molecule has 0 spiro atoms. The number of amides is 1. The van der Waals surface area contributed by atoms with E-state index in [0.717, 1.165) is 22.3 Å². The SMILES string of the molecule is CNc1nnc(SCC(=O)NC2CCCCC2)s1. The summed E-state index contributed by atoms with van der Waals surface area (Å²) in [5, 5.41) is 14.7. The molecule has 0 unspecified atom stereocenters. The number of thioether (sulfide) groups is 1. The van der Waals surface area contributed by atoms with Crippen molar-refractivity contribution in [1.29, 1.82) is 0 Å². The molecule has 1 heterocycles. The minimum Gasteiger partial charge on any atom is -0.363 e. The van der Waals surface area contributed by atoms with E-state index in [9.17, 15) is 4.79 Å². The zero-order chi connectivity index (χ0) is 12.8. The standard InChI is InChI=1S/C11H18N4OS2/c1-12-10-14-15-11(18-10)17-7-9(16)13-8-5-3-2-4-6-8/h8H,2-7H2,1H3,(H,12,14)(H,13,16). The van der Waals surface area contributed by atoms with Gasteiger partial charge in [-0.3, -0.25) is 4.79 Å². The monoisotopic (exact) mass is 286 g/mol. The van der Waals surface area contributed by atoms with Crippen LogP contribution in [0.2, 0.25) is 0 Å². The Morgan fingerprint density at radius 2 is 2.17 bits per heavy atom. The van der Waals surface area contributed by atoms with Crippen LogP contribution in [-0.2, 0) is 4.79 Å². The summed E-state index contributed by atoms with van der Waals surface area (Å²) in [6.07, 6.45) is 6.02. The molecule has 5 nitrogen and oxygen atoms in total. The van der Waals surface area contributed by atoms with Crippen molar-refractivity contribution in [2.45, 2.75) is 42.5 Å². The van der Waals surface area contributed by atoms with Crippen LogP contribution in [0, 0.1) is 0 Å². The Bertz CT molecular complexity index is 390. The van der Waals surface area contributed by atoms with Crippen molar-refractivity contribution in [3.05, 3.63) is 0 Å². The Balaban J connectivity index is 1.70. The van der Waals surface area contributed by atoms with Gasteiger partial charge in [0.05, 0.1) is 5.75 Å². The number of hydrogen-bond acceptors (Lipinski definition) is 6. The van der Waals surface area contributed by atoms with Crippen LogP contribution in [-0.4, -0.2) is 34.9 Å². The quantitative estimate of drug-likeness (QED) is 0.812. The van der Waals surface area contributed by atoms with Crippen LogP contribution >= 0.6 is 23.1 Å². The van der Waals surface area contributed by atoms with Crippen LogP contribution in [0.5, 0.6) is 0 Å². The summed E-state index contributed by atoms with van der Waals surface area (Å²) < 4.78 is 0.832. The van der Waals surface area contributed by atoms with Gasteiger partial charge in [-0.2, -0.15) is 0 Å². The number of aromatic nitrogens is 2. The predicted molar refractivity (Wildman–Crippen MR) is 75.2 cm³/mol. The first-order valence-electron chi connectivity index (χ1n) is 6.21. The van der Waals surface area contributed by atoms with Crippen molar-refractivity contribution in [1.82, 2.24) is 15.5 Å². The van der Waals surface area contributed by atoms with Gasteiger partial charge in [0.1, 0.15) is 0 Å². The molecule has 1 amide bonds. The highest BCUT2D eigenvalue weighted by Crippen LogP contribution is 2.25. The molecule has 0 saturated heterocycles. The van der Waals surface area contributed by atoms with Crippen molar-refractivity contribution in [2.75, 3.05) is 18.1 Å². The minimum atomic E-state index is 0.105. The Morgan fingerprint density at radius 1 is 1.39 bits per heavy atom. The number of anilines is 1. The summed E-state index contributed by atoms with van der Waals surface area (Å²) in [5.74, 6) is 0.530. The van der Waals surface area contributed by atoms with Crippen LogP contribution < -0.4 is 10.6 Å². The average molecular weight is 286 g/mol. The molecule has 100 valence electrons. The molecule has 1 saturated carbocycles. The van der Waals surface area contributed by atoms with E-state index >= 15 is 0 Å². The van der Waals surface area contributed by atoms with Gasteiger partial charge in [0.2, 0.25) is 11.0 Å². The maximum absolute atomic E-state index is 11.8. The fourth-order valence-electron chi connectivity index (χ4n) is 2.01. The van der Waals surface area contributed by atoms with Gasteiger partial charge in [0, 0.05) is 13.1 Å². The molecule has 0 aromatic carbocycles. The molecule has 1 aromatic heterocycles. The molecule has 0 radical (unpaired) electrons. The first-order chi connectivity index (χ1) is 8.78. The van der Waals surface area contributed by atoms with Crippen molar-refractivity contribution in [3.63, 3.8) is 0 Å². The largest absolute Gasteiger partial charge is 0.363 e. The van der Waals surface area contributed by atoms with Gasteiger partial charge in [0.25, 0.3) is 0 Å². The zero-order valence-corrected chi connectivity index (χ0v) is 12.1. The average Bonchev–Trinajstić information content (AvgIpc) is 2.85. The third-order valence-electron chi connectivity index (χ3n) is 2.92. The Labute approximate surface area is 115 Å². The van der Waals surface area contributed by atoms with Gasteiger partial charge >= 0.3 is 0 Å². The molecule has 0 bridgehead atoms. The van der Waals surface area contributed by atoms with Crippen LogP contribution in [0.25, 0.3) is 0 Å². The van der Waals surface area contributed by atoms with Gasteiger partial charge in [-0.1, -0.05) is 42.4 Å². The summed E-state index contributed by atoms with van der Waals surface area (Å²) >= 11 is 2.92. The number of hydrogen-bond donors (Lipinski definition) is 2. The van der Waals surface area contributed by atoms with Crippen LogP contribution in [0.15, 0.2) is 4.34 Å².